The van der Waals surface area contributed by atoms with Gasteiger partial charge in [-0.15, -0.1) is 0 Å². The van der Waals surface area contributed by atoms with Gasteiger partial charge in [-0.1, -0.05) is 0 Å². The van der Waals surface area contributed by atoms with Crippen molar-refractivity contribution < 1.29 is 58.2 Å². The smallest absolute Gasteiger partial charge is 0.324 e. The molecule has 0 spiro atoms. The number of ketones is 2. The Morgan fingerprint density at radius 1 is 0.861 bits per heavy atom. The number of Topliss-reactive ketones (excluding diaryl/α,β-unsaturated/α-hetero) is 2. The highest BCUT2D eigenvalue weighted by Crippen LogP contribution is 2.31. The van der Waals surface area contributed by atoms with E-state index in [-0.39, 0.29) is 44.4 Å². The van der Waals surface area contributed by atoms with Gasteiger partial charge >= 0.3 is 11.9 Å². The molecule has 0 saturated carbocycles. The Balaban J connectivity index is 0. The van der Waals surface area contributed by atoms with Crippen LogP contribution in [0.3, 0.4) is 0 Å². The molecule has 0 aromatic rings. The molecule has 0 unspecified atom stereocenters. The third-order valence-corrected chi connectivity index (χ3v) is 5.49. The minimum Gasteiger partial charge on any atom is -0.465 e. The molecular weight excluding hydrogens is 480 g/mol. The summed E-state index contributed by atoms with van der Waals surface area (Å²) < 4.78 is 25.0. The summed E-state index contributed by atoms with van der Waals surface area (Å²) in [5.41, 5.74) is -3.46. The van der Waals surface area contributed by atoms with E-state index >= 15 is 0 Å². The molecule has 3 N–H and O–H groups in total. The number of carbonyl (C=O) groups excluding carboxylic acids is 4. The number of rotatable bonds is 10. The Morgan fingerprint density at radius 2 is 1.31 bits per heavy atom. The monoisotopic (exact) mass is 524 g/mol. The van der Waals surface area contributed by atoms with Crippen molar-refractivity contribution in [1.29, 1.82) is 0 Å². The molecule has 1 aliphatic rings. The zero-order valence-corrected chi connectivity index (χ0v) is 23.0. The van der Waals surface area contributed by atoms with Gasteiger partial charge in [0, 0.05) is 7.11 Å². The highest BCUT2D eigenvalue weighted by atomic mass is 16.7. The summed E-state index contributed by atoms with van der Waals surface area (Å²) in [7, 11) is 1.58. The van der Waals surface area contributed by atoms with Crippen LogP contribution in [0.4, 0.5) is 0 Å². The summed E-state index contributed by atoms with van der Waals surface area (Å²) in [6.45, 7) is 11.8. The first-order valence-corrected chi connectivity index (χ1v) is 11.5. The van der Waals surface area contributed by atoms with Gasteiger partial charge in [-0.25, -0.2) is 0 Å². The quantitative estimate of drug-likeness (QED) is 0.266. The Kier molecular flexibility index (Phi) is 16.1. The van der Waals surface area contributed by atoms with Crippen molar-refractivity contribution in [3.05, 3.63) is 0 Å². The van der Waals surface area contributed by atoms with Crippen LogP contribution in [0, 0.1) is 10.8 Å². The molecule has 36 heavy (non-hydrogen) atoms. The summed E-state index contributed by atoms with van der Waals surface area (Å²) in [4.78, 5) is 45.6. The van der Waals surface area contributed by atoms with E-state index in [0.29, 0.717) is 0 Å². The molecule has 1 saturated heterocycles. The van der Waals surface area contributed by atoms with Crippen molar-refractivity contribution in [2.75, 3.05) is 53.4 Å². The van der Waals surface area contributed by atoms with E-state index in [1.165, 1.54) is 6.92 Å². The lowest BCUT2D eigenvalue weighted by Gasteiger charge is -2.40. The van der Waals surface area contributed by atoms with Gasteiger partial charge in [-0.05, 0) is 55.4 Å². The Bertz CT molecular complexity index is 694. The number of hydrogen-bond acceptors (Lipinski definition) is 12. The third-order valence-electron chi connectivity index (χ3n) is 5.49. The zero-order valence-electron chi connectivity index (χ0n) is 23.0. The summed E-state index contributed by atoms with van der Waals surface area (Å²) in [5.74, 6) is -3.10. The minimum absolute atomic E-state index is 0.00810. The number of methoxy groups -OCH3 is 1. The molecule has 1 heterocycles. The van der Waals surface area contributed by atoms with Crippen LogP contribution in [0.15, 0.2) is 0 Å². The summed E-state index contributed by atoms with van der Waals surface area (Å²) in [6, 6.07) is 0. The van der Waals surface area contributed by atoms with Crippen molar-refractivity contribution in [2.24, 2.45) is 10.8 Å². The van der Waals surface area contributed by atoms with Crippen LogP contribution in [0.25, 0.3) is 0 Å². The average Bonchev–Trinajstić information content (AvgIpc) is 2.81. The second-order valence-electron chi connectivity index (χ2n) is 9.13. The van der Waals surface area contributed by atoms with Gasteiger partial charge in [-0.3, -0.25) is 19.2 Å². The van der Waals surface area contributed by atoms with E-state index in [2.05, 4.69) is 4.74 Å². The highest BCUT2D eigenvalue weighted by molar-refractivity contribution is 6.03. The van der Waals surface area contributed by atoms with Gasteiger partial charge in [0.2, 0.25) is 0 Å². The first-order chi connectivity index (χ1) is 16.5. The Morgan fingerprint density at radius 3 is 1.56 bits per heavy atom. The van der Waals surface area contributed by atoms with Crippen molar-refractivity contribution in [1.82, 2.24) is 0 Å². The standard InChI is InChI=1S/C11H18O5.C8H14O5.C5H12O2/c1-5-14-9(13)11(8(2)12)6-15-10(3,4)16-7-11;1-3-13-7(12)8(4-9,5-10)6(2)11;1-5(2,4-6)7-3/h5-7H2,1-4H3;9-10H,3-5H2,1-2H3;6H,4H2,1-3H3. The predicted octanol–water partition coefficient (Wildman–Crippen LogP) is 0.421. The first kappa shape index (κ1) is 36.2. The van der Waals surface area contributed by atoms with Crippen LogP contribution in [0.5, 0.6) is 0 Å². The maximum absolute atomic E-state index is 11.8. The van der Waals surface area contributed by atoms with Gasteiger partial charge < -0.3 is 39.0 Å². The van der Waals surface area contributed by atoms with E-state index in [4.69, 9.17) is 34.3 Å². The van der Waals surface area contributed by atoms with Crippen molar-refractivity contribution >= 4 is 23.5 Å². The molecular formula is C24H44O12. The molecule has 212 valence electrons. The van der Waals surface area contributed by atoms with E-state index in [0.717, 1.165) is 6.92 Å². The minimum atomic E-state index is -1.80. The molecule has 12 nitrogen and oxygen atoms in total. The fraction of sp³-hybridized carbons (Fsp3) is 0.833. The Hall–Kier alpha value is -1.96. The maximum Gasteiger partial charge on any atom is 0.324 e. The van der Waals surface area contributed by atoms with Gasteiger partial charge in [0.1, 0.15) is 0 Å². The summed E-state index contributed by atoms with van der Waals surface area (Å²) >= 11 is 0. The fourth-order valence-corrected chi connectivity index (χ4v) is 2.29. The summed E-state index contributed by atoms with van der Waals surface area (Å²) in [5, 5.41) is 26.2. The topological polar surface area (TPSA) is 175 Å². The Labute approximate surface area is 213 Å². The van der Waals surface area contributed by atoms with Gasteiger partial charge in [0.25, 0.3) is 0 Å². The van der Waals surface area contributed by atoms with Crippen LogP contribution in [0.2, 0.25) is 0 Å². The maximum atomic E-state index is 11.8. The van der Waals surface area contributed by atoms with E-state index < -0.39 is 47.6 Å². The van der Waals surface area contributed by atoms with Crippen LogP contribution >= 0.6 is 0 Å². The van der Waals surface area contributed by atoms with Gasteiger partial charge in [-0.2, -0.15) is 0 Å². The molecule has 0 aliphatic carbocycles. The average molecular weight is 525 g/mol. The number of ether oxygens (including phenoxy) is 5. The molecule has 1 fully saturated rings. The van der Waals surface area contributed by atoms with E-state index in [1.54, 1.807) is 34.8 Å². The zero-order chi connectivity index (χ0) is 28.8. The number of carbonyl (C=O) groups is 4. The normalized spacial score (nSPS) is 16.3. The third kappa shape index (κ3) is 10.6. The lowest BCUT2D eigenvalue weighted by molar-refractivity contribution is -0.278. The molecule has 0 amide bonds. The molecule has 0 aromatic heterocycles. The van der Waals surface area contributed by atoms with Crippen LogP contribution in [-0.2, 0) is 42.9 Å². The summed E-state index contributed by atoms with van der Waals surface area (Å²) in [6.07, 6.45) is 0. The number of aliphatic hydroxyl groups excluding tert-OH is 3. The number of aliphatic hydroxyl groups is 3. The van der Waals surface area contributed by atoms with Crippen LogP contribution in [0.1, 0.15) is 55.4 Å². The number of hydrogen-bond donors (Lipinski definition) is 3. The molecule has 1 rings (SSSR count). The first-order valence-electron chi connectivity index (χ1n) is 11.5. The molecule has 0 radical (unpaired) electrons. The largest absolute Gasteiger partial charge is 0.465 e. The number of esters is 2. The second kappa shape index (κ2) is 16.0. The highest BCUT2D eigenvalue weighted by Gasteiger charge is 2.51. The van der Waals surface area contributed by atoms with Crippen molar-refractivity contribution in [3.8, 4) is 0 Å². The molecule has 0 bridgehead atoms. The van der Waals surface area contributed by atoms with Crippen molar-refractivity contribution in [2.45, 2.75) is 66.8 Å². The van der Waals surface area contributed by atoms with Crippen LogP contribution < -0.4 is 0 Å². The van der Waals surface area contributed by atoms with Gasteiger partial charge in [0.05, 0.1) is 51.8 Å². The fourth-order valence-electron chi connectivity index (χ4n) is 2.29. The lowest BCUT2D eigenvalue weighted by Crippen LogP contribution is -2.54. The second-order valence-corrected chi connectivity index (χ2v) is 9.13. The predicted molar refractivity (Wildman–Crippen MR) is 128 cm³/mol. The van der Waals surface area contributed by atoms with Crippen molar-refractivity contribution in [3.63, 3.8) is 0 Å². The van der Waals surface area contributed by atoms with E-state index in [9.17, 15) is 19.2 Å². The molecule has 1 aliphatic heterocycles. The van der Waals surface area contributed by atoms with E-state index in [1.807, 2.05) is 13.8 Å². The SMILES string of the molecule is CCOC(=O)C(CO)(CO)C(C)=O.CCOC(=O)C1(C(C)=O)COC(C)(C)OC1.COC(C)(C)CO. The lowest BCUT2D eigenvalue weighted by atomic mass is 9.85. The molecule has 12 heteroatoms. The van der Waals surface area contributed by atoms with Gasteiger partial charge in [0.15, 0.2) is 28.2 Å². The molecule has 0 aromatic carbocycles. The van der Waals surface area contributed by atoms with Crippen LogP contribution in [-0.4, -0.2) is 104 Å². The molecule has 0 atom stereocenters.